The first-order valence-corrected chi connectivity index (χ1v) is 8.98. The van der Waals surface area contributed by atoms with Crippen LogP contribution in [0.3, 0.4) is 0 Å². The van der Waals surface area contributed by atoms with Gasteiger partial charge in [0.05, 0.1) is 31.2 Å². The van der Waals surface area contributed by atoms with Crippen LogP contribution < -0.4 is 11.1 Å². The monoisotopic (exact) mass is 389 g/mol. The summed E-state index contributed by atoms with van der Waals surface area (Å²) in [5.41, 5.74) is 7.39. The van der Waals surface area contributed by atoms with Crippen LogP contribution in [0, 0.1) is 11.8 Å². The molecule has 10 nitrogen and oxygen atoms in total. The Hall–Kier alpha value is -3.17. The highest BCUT2D eigenvalue weighted by atomic mass is 16.5. The van der Waals surface area contributed by atoms with Gasteiger partial charge in [0, 0.05) is 37.8 Å². The summed E-state index contributed by atoms with van der Waals surface area (Å²) < 4.78 is 6.47. The van der Waals surface area contributed by atoms with Gasteiger partial charge in [-0.2, -0.15) is 5.10 Å². The molecule has 3 N–H and O–H groups in total. The fourth-order valence-corrected chi connectivity index (χ4v) is 3.69. The number of carbonyl (C=O) groups excluding carboxylic acids is 4. The number of nitrogens with zero attached hydrogens (tertiary/aromatic N) is 3. The van der Waals surface area contributed by atoms with E-state index < -0.39 is 17.7 Å². The topological polar surface area (TPSA) is 137 Å². The van der Waals surface area contributed by atoms with Crippen LogP contribution in [0.15, 0.2) is 12.2 Å². The number of amides is 3. The van der Waals surface area contributed by atoms with E-state index >= 15 is 0 Å². The van der Waals surface area contributed by atoms with Crippen LogP contribution in [0.1, 0.15) is 23.4 Å². The number of aromatic nitrogens is 2. The van der Waals surface area contributed by atoms with Crippen LogP contribution >= 0.6 is 0 Å². The standard InChI is InChI=1S/C18H23N5O5/c1-22-14-5-6-23(17(26)10-3-4-11(7-10)18(27)28-2)9-12(14)13(21-22)8-20-16(25)15(19)24/h3-4,10-11H,5-9H2,1-2H3,(H2,19,24)(H,20,25)/t10-,11+/m1/s1. The Morgan fingerprint density at radius 3 is 2.68 bits per heavy atom. The van der Waals surface area contributed by atoms with Crippen LogP contribution in [0.2, 0.25) is 0 Å². The molecule has 0 unspecified atom stereocenters. The maximum absolute atomic E-state index is 12.9. The SMILES string of the molecule is COC(=O)[C@H]1C=C[C@@H](C(=O)N2CCc3c(c(CNC(=O)C(N)=O)nn3C)C2)C1. The Morgan fingerprint density at radius 1 is 1.29 bits per heavy atom. The second-order valence-electron chi connectivity index (χ2n) is 6.91. The molecule has 2 atom stereocenters. The highest BCUT2D eigenvalue weighted by Crippen LogP contribution is 2.29. The van der Waals surface area contributed by atoms with Crippen molar-refractivity contribution in [3.8, 4) is 0 Å². The second kappa shape index (κ2) is 7.83. The molecule has 0 aromatic carbocycles. The minimum Gasteiger partial charge on any atom is -0.469 e. The molecule has 0 spiro atoms. The van der Waals surface area contributed by atoms with E-state index in [1.165, 1.54) is 7.11 Å². The molecule has 2 heterocycles. The number of nitrogens with one attached hydrogen (secondary N) is 1. The first-order chi connectivity index (χ1) is 13.3. The normalized spacial score (nSPS) is 20.6. The van der Waals surface area contributed by atoms with Gasteiger partial charge in [0.1, 0.15) is 0 Å². The van der Waals surface area contributed by atoms with E-state index in [0.29, 0.717) is 31.6 Å². The van der Waals surface area contributed by atoms with Gasteiger partial charge >= 0.3 is 17.8 Å². The zero-order valence-corrected chi connectivity index (χ0v) is 15.8. The number of esters is 1. The summed E-state index contributed by atoms with van der Waals surface area (Å²) in [6.07, 6.45) is 4.52. The third-order valence-corrected chi connectivity index (χ3v) is 5.18. The number of hydrogen-bond donors (Lipinski definition) is 2. The second-order valence-corrected chi connectivity index (χ2v) is 6.91. The summed E-state index contributed by atoms with van der Waals surface area (Å²) >= 11 is 0. The van der Waals surface area contributed by atoms with E-state index in [1.54, 1.807) is 28.8 Å². The first-order valence-electron chi connectivity index (χ1n) is 8.98. The molecule has 10 heteroatoms. The fraction of sp³-hybridized carbons (Fsp3) is 0.500. The maximum Gasteiger partial charge on any atom is 0.312 e. The maximum atomic E-state index is 12.9. The van der Waals surface area contributed by atoms with Gasteiger partial charge in [-0.1, -0.05) is 12.2 Å². The average Bonchev–Trinajstić information content (AvgIpc) is 3.30. The van der Waals surface area contributed by atoms with Crippen LogP contribution in [0.4, 0.5) is 0 Å². The quantitative estimate of drug-likeness (QED) is 0.376. The van der Waals surface area contributed by atoms with Gasteiger partial charge in [0.15, 0.2) is 0 Å². The van der Waals surface area contributed by atoms with Gasteiger partial charge in [0.25, 0.3) is 0 Å². The van der Waals surface area contributed by atoms with E-state index in [9.17, 15) is 19.2 Å². The van der Waals surface area contributed by atoms with Crippen molar-refractivity contribution in [2.75, 3.05) is 13.7 Å². The van der Waals surface area contributed by atoms with E-state index in [4.69, 9.17) is 10.5 Å². The number of rotatable bonds is 4. The molecular formula is C18H23N5O5. The van der Waals surface area contributed by atoms with Crippen LogP contribution in [0.25, 0.3) is 0 Å². The van der Waals surface area contributed by atoms with Crippen molar-refractivity contribution in [3.05, 3.63) is 29.1 Å². The Labute approximate surface area is 161 Å². The Balaban J connectivity index is 1.69. The number of aryl methyl sites for hydroxylation is 1. The highest BCUT2D eigenvalue weighted by molar-refractivity contribution is 6.34. The molecule has 0 radical (unpaired) electrons. The Bertz CT molecular complexity index is 859. The van der Waals surface area contributed by atoms with Gasteiger partial charge in [0.2, 0.25) is 5.91 Å². The zero-order chi connectivity index (χ0) is 20.4. The number of fused-ring (bicyclic) bond motifs is 1. The van der Waals surface area contributed by atoms with Crippen molar-refractivity contribution < 1.29 is 23.9 Å². The van der Waals surface area contributed by atoms with Crippen molar-refractivity contribution in [1.29, 1.82) is 0 Å². The summed E-state index contributed by atoms with van der Waals surface area (Å²) in [6, 6.07) is 0. The Morgan fingerprint density at radius 2 is 2.00 bits per heavy atom. The number of methoxy groups -OCH3 is 1. The molecule has 0 saturated carbocycles. The molecule has 1 aliphatic heterocycles. The summed E-state index contributed by atoms with van der Waals surface area (Å²) in [6.45, 7) is 0.962. The molecule has 2 aliphatic rings. The minimum atomic E-state index is -1.06. The number of primary amides is 1. The molecule has 1 aromatic rings. The van der Waals surface area contributed by atoms with Crippen molar-refractivity contribution in [1.82, 2.24) is 20.0 Å². The predicted octanol–water partition coefficient (Wildman–Crippen LogP) is -1.23. The molecular weight excluding hydrogens is 366 g/mol. The predicted molar refractivity (Wildman–Crippen MR) is 96.1 cm³/mol. The lowest BCUT2D eigenvalue weighted by atomic mass is 9.99. The van der Waals surface area contributed by atoms with Gasteiger partial charge in [-0.3, -0.25) is 23.9 Å². The molecule has 1 aromatic heterocycles. The average molecular weight is 389 g/mol. The lowest BCUT2D eigenvalue weighted by molar-refractivity contribution is -0.144. The van der Waals surface area contributed by atoms with E-state index in [0.717, 1.165) is 11.3 Å². The van der Waals surface area contributed by atoms with E-state index in [1.807, 2.05) is 0 Å². The molecule has 3 amide bonds. The summed E-state index contributed by atoms with van der Waals surface area (Å²) in [5.74, 6) is -3.09. The third-order valence-electron chi connectivity index (χ3n) is 5.18. The number of hydrogen-bond acceptors (Lipinski definition) is 6. The van der Waals surface area contributed by atoms with Crippen LogP contribution in [-0.4, -0.2) is 52.0 Å². The summed E-state index contributed by atoms with van der Waals surface area (Å²) in [4.78, 5) is 48.6. The minimum absolute atomic E-state index is 0.0516. The van der Waals surface area contributed by atoms with Crippen molar-refractivity contribution in [2.24, 2.45) is 24.6 Å². The van der Waals surface area contributed by atoms with Crippen molar-refractivity contribution in [3.63, 3.8) is 0 Å². The molecule has 0 saturated heterocycles. The smallest absolute Gasteiger partial charge is 0.312 e. The summed E-state index contributed by atoms with van der Waals surface area (Å²) in [7, 11) is 3.13. The van der Waals surface area contributed by atoms with Gasteiger partial charge in [-0.05, 0) is 6.42 Å². The highest BCUT2D eigenvalue weighted by Gasteiger charge is 2.34. The number of nitrogens with two attached hydrogens (primary N) is 1. The summed E-state index contributed by atoms with van der Waals surface area (Å²) in [5, 5.41) is 6.83. The fourth-order valence-electron chi connectivity index (χ4n) is 3.69. The lowest BCUT2D eigenvalue weighted by Gasteiger charge is -2.29. The Kier molecular flexibility index (Phi) is 5.48. The number of ether oxygens (including phenoxy) is 1. The molecule has 0 bridgehead atoms. The molecule has 1 aliphatic carbocycles. The van der Waals surface area contributed by atoms with Gasteiger partial charge < -0.3 is 20.7 Å². The number of carbonyl (C=O) groups is 4. The van der Waals surface area contributed by atoms with E-state index in [-0.39, 0.29) is 24.3 Å². The lowest BCUT2D eigenvalue weighted by Crippen LogP contribution is -2.40. The molecule has 150 valence electrons. The molecule has 28 heavy (non-hydrogen) atoms. The molecule has 0 fully saturated rings. The van der Waals surface area contributed by atoms with Crippen LogP contribution in [-0.2, 0) is 50.5 Å². The van der Waals surface area contributed by atoms with Gasteiger partial charge in [-0.15, -0.1) is 0 Å². The van der Waals surface area contributed by atoms with Crippen molar-refractivity contribution in [2.45, 2.75) is 25.9 Å². The van der Waals surface area contributed by atoms with Gasteiger partial charge in [-0.25, -0.2) is 0 Å². The third kappa shape index (κ3) is 3.75. The first kappa shape index (κ1) is 19.6. The zero-order valence-electron chi connectivity index (χ0n) is 15.8. The van der Waals surface area contributed by atoms with Crippen molar-refractivity contribution >= 4 is 23.7 Å². The largest absolute Gasteiger partial charge is 0.469 e. The molecule has 3 rings (SSSR count). The van der Waals surface area contributed by atoms with E-state index in [2.05, 4.69) is 10.4 Å². The van der Waals surface area contributed by atoms with Crippen LogP contribution in [0.5, 0.6) is 0 Å².